The summed E-state index contributed by atoms with van der Waals surface area (Å²) in [7, 11) is 4.09. The minimum atomic E-state index is -0.264. The molecule has 0 aliphatic carbocycles. The van der Waals surface area contributed by atoms with Crippen LogP contribution in [0.15, 0.2) is 60.7 Å². The summed E-state index contributed by atoms with van der Waals surface area (Å²) < 4.78 is 11.3. The highest BCUT2D eigenvalue weighted by atomic mass is 16.6. The Morgan fingerprint density at radius 2 is 1.96 bits per heavy atom. The molecule has 1 fully saturated rings. The van der Waals surface area contributed by atoms with E-state index in [1.807, 2.05) is 49.3 Å². The van der Waals surface area contributed by atoms with Crippen molar-refractivity contribution in [2.24, 2.45) is 0 Å². The number of benzene rings is 2. The van der Waals surface area contributed by atoms with Crippen LogP contribution >= 0.6 is 0 Å². The lowest BCUT2D eigenvalue weighted by molar-refractivity contribution is -0.0342. The van der Waals surface area contributed by atoms with E-state index in [1.54, 1.807) is 0 Å². The van der Waals surface area contributed by atoms with E-state index in [0.29, 0.717) is 13.2 Å². The summed E-state index contributed by atoms with van der Waals surface area (Å²) >= 11 is 0. The highest BCUT2D eigenvalue weighted by Gasteiger charge is 2.39. The van der Waals surface area contributed by atoms with E-state index in [0.717, 1.165) is 12.0 Å². The maximum atomic E-state index is 12.8. The van der Waals surface area contributed by atoms with Gasteiger partial charge in [-0.05, 0) is 35.3 Å². The standard InChI is InChI=1S/C23H26N2O3/c1-24(2)20-10-6-9-18(11-20)19-12-21-15-27-16-22(13-19)25(21)23(26)28-14-17-7-4-3-5-8-17/h3-12,21-22H,13-16H2,1-2H3. The van der Waals surface area contributed by atoms with Gasteiger partial charge in [0.2, 0.25) is 0 Å². The molecule has 2 bridgehead atoms. The SMILES string of the molecule is CN(C)c1cccc(C2=CC3COCC(C2)N3C(=O)OCc2ccccc2)c1. The first-order valence-corrected chi connectivity index (χ1v) is 9.67. The Morgan fingerprint density at radius 3 is 2.71 bits per heavy atom. The van der Waals surface area contributed by atoms with Crippen LogP contribution in [0.5, 0.6) is 0 Å². The fraction of sp³-hybridized carbons (Fsp3) is 0.348. The van der Waals surface area contributed by atoms with E-state index >= 15 is 0 Å². The largest absolute Gasteiger partial charge is 0.445 e. The lowest BCUT2D eigenvalue weighted by Gasteiger charge is -2.43. The molecule has 2 atom stereocenters. The first-order valence-electron chi connectivity index (χ1n) is 9.67. The van der Waals surface area contributed by atoms with E-state index in [9.17, 15) is 4.79 Å². The van der Waals surface area contributed by atoms with Gasteiger partial charge >= 0.3 is 6.09 Å². The summed E-state index contributed by atoms with van der Waals surface area (Å²) in [5.74, 6) is 0. The van der Waals surface area contributed by atoms with Gasteiger partial charge in [-0.3, -0.25) is 4.90 Å². The average Bonchev–Trinajstić information content (AvgIpc) is 2.72. The lowest BCUT2D eigenvalue weighted by Crippen LogP contribution is -2.56. The van der Waals surface area contributed by atoms with E-state index < -0.39 is 0 Å². The minimum Gasteiger partial charge on any atom is -0.445 e. The first-order chi connectivity index (χ1) is 13.6. The zero-order valence-electron chi connectivity index (χ0n) is 16.4. The van der Waals surface area contributed by atoms with Crippen LogP contribution in [0.25, 0.3) is 5.57 Å². The van der Waals surface area contributed by atoms with Crippen LogP contribution in [0, 0.1) is 0 Å². The number of fused-ring (bicyclic) bond motifs is 2. The molecule has 5 nitrogen and oxygen atoms in total. The number of hydrogen-bond acceptors (Lipinski definition) is 4. The van der Waals surface area contributed by atoms with Gasteiger partial charge in [0.1, 0.15) is 6.61 Å². The van der Waals surface area contributed by atoms with Crippen molar-refractivity contribution in [1.82, 2.24) is 4.90 Å². The smallest absolute Gasteiger partial charge is 0.411 e. The van der Waals surface area contributed by atoms with Gasteiger partial charge in [0, 0.05) is 19.8 Å². The number of ether oxygens (including phenoxy) is 2. The molecule has 0 saturated carbocycles. The van der Waals surface area contributed by atoms with Crippen molar-refractivity contribution in [1.29, 1.82) is 0 Å². The van der Waals surface area contributed by atoms with Crippen molar-refractivity contribution >= 4 is 17.4 Å². The predicted octanol–water partition coefficient (Wildman–Crippen LogP) is 3.95. The Kier molecular flexibility index (Phi) is 5.35. The average molecular weight is 378 g/mol. The molecule has 1 saturated heterocycles. The molecular formula is C23H26N2O3. The van der Waals surface area contributed by atoms with Gasteiger partial charge in [-0.1, -0.05) is 48.5 Å². The second-order valence-corrected chi connectivity index (χ2v) is 7.55. The Balaban J connectivity index is 1.51. The molecule has 2 aliphatic heterocycles. The van der Waals surface area contributed by atoms with Crippen LogP contribution in [0.1, 0.15) is 17.5 Å². The second kappa shape index (κ2) is 8.07. The fourth-order valence-electron chi connectivity index (χ4n) is 3.87. The fourth-order valence-corrected chi connectivity index (χ4v) is 3.87. The summed E-state index contributed by atoms with van der Waals surface area (Å²) in [6, 6.07) is 18.2. The molecule has 0 aromatic heterocycles. The van der Waals surface area contributed by atoms with Crippen LogP contribution in [0.2, 0.25) is 0 Å². The summed E-state index contributed by atoms with van der Waals surface area (Å²) in [5, 5.41) is 0. The topological polar surface area (TPSA) is 42.0 Å². The van der Waals surface area contributed by atoms with E-state index in [-0.39, 0.29) is 24.8 Å². The van der Waals surface area contributed by atoms with Crippen LogP contribution in [-0.4, -0.2) is 50.4 Å². The van der Waals surface area contributed by atoms with Crippen LogP contribution in [0.3, 0.4) is 0 Å². The van der Waals surface area contributed by atoms with Gasteiger partial charge in [0.25, 0.3) is 0 Å². The monoisotopic (exact) mass is 378 g/mol. The highest BCUT2D eigenvalue weighted by Crippen LogP contribution is 2.34. The van der Waals surface area contributed by atoms with Gasteiger partial charge in [-0.25, -0.2) is 4.79 Å². The number of carbonyl (C=O) groups excluding carboxylic acids is 1. The van der Waals surface area contributed by atoms with Crippen LogP contribution in [-0.2, 0) is 16.1 Å². The molecule has 2 unspecified atom stereocenters. The molecule has 146 valence electrons. The number of nitrogens with zero attached hydrogens (tertiary/aromatic N) is 2. The van der Waals surface area contributed by atoms with Crippen molar-refractivity contribution in [3.05, 3.63) is 71.8 Å². The summed E-state index contributed by atoms with van der Waals surface area (Å²) in [6.07, 6.45) is 2.67. The Bertz CT molecular complexity index is 863. The number of carbonyl (C=O) groups is 1. The van der Waals surface area contributed by atoms with E-state index in [4.69, 9.17) is 9.47 Å². The zero-order chi connectivity index (χ0) is 19.5. The molecule has 0 spiro atoms. The maximum Gasteiger partial charge on any atom is 0.411 e. The minimum absolute atomic E-state index is 0.00466. The molecule has 1 amide bonds. The summed E-state index contributed by atoms with van der Waals surface area (Å²) in [5.41, 5.74) is 4.64. The molecule has 2 aliphatic rings. The number of hydrogen-bond donors (Lipinski definition) is 0. The number of rotatable bonds is 4. The maximum absolute atomic E-state index is 12.8. The lowest BCUT2D eigenvalue weighted by atomic mass is 9.90. The molecule has 2 aromatic carbocycles. The van der Waals surface area contributed by atoms with Gasteiger partial charge in [0.05, 0.1) is 25.3 Å². The van der Waals surface area contributed by atoms with Crippen molar-refractivity contribution in [2.45, 2.75) is 25.1 Å². The van der Waals surface area contributed by atoms with E-state index in [2.05, 4.69) is 35.2 Å². The van der Waals surface area contributed by atoms with Gasteiger partial charge in [0.15, 0.2) is 0 Å². The third-order valence-electron chi connectivity index (χ3n) is 5.35. The molecule has 4 rings (SSSR count). The first kappa shape index (κ1) is 18.6. The van der Waals surface area contributed by atoms with Gasteiger partial charge in [-0.2, -0.15) is 0 Å². The summed E-state index contributed by atoms with van der Waals surface area (Å²) in [4.78, 5) is 16.7. The molecule has 5 heteroatoms. The third-order valence-corrected chi connectivity index (χ3v) is 5.35. The molecule has 0 N–H and O–H groups in total. The number of morpholine rings is 1. The van der Waals surface area contributed by atoms with Gasteiger partial charge < -0.3 is 14.4 Å². The van der Waals surface area contributed by atoms with Crippen molar-refractivity contribution in [3.63, 3.8) is 0 Å². The van der Waals surface area contributed by atoms with Gasteiger partial charge in [-0.15, -0.1) is 0 Å². The van der Waals surface area contributed by atoms with E-state index in [1.165, 1.54) is 16.8 Å². The summed E-state index contributed by atoms with van der Waals surface area (Å²) in [6.45, 7) is 1.34. The predicted molar refractivity (Wildman–Crippen MR) is 110 cm³/mol. The van der Waals surface area contributed by atoms with Crippen molar-refractivity contribution in [3.8, 4) is 0 Å². The molecule has 28 heavy (non-hydrogen) atoms. The third kappa shape index (κ3) is 3.90. The number of anilines is 1. The normalized spacial score (nSPS) is 21.1. The molecule has 2 heterocycles. The second-order valence-electron chi connectivity index (χ2n) is 7.55. The number of amides is 1. The Morgan fingerprint density at radius 1 is 1.14 bits per heavy atom. The zero-order valence-corrected chi connectivity index (χ0v) is 16.4. The molecule has 0 radical (unpaired) electrons. The van der Waals surface area contributed by atoms with Crippen LogP contribution in [0.4, 0.5) is 10.5 Å². The molecule has 2 aromatic rings. The van der Waals surface area contributed by atoms with Crippen LogP contribution < -0.4 is 4.90 Å². The van der Waals surface area contributed by atoms with Crippen molar-refractivity contribution in [2.75, 3.05) is 32.2 Å². The Labute approximate surface area is 166 Å². The van der Waals surface area contributed by atoms with Crippen molar-refractivity contribution < 1.29 is 14.3 Å². The highest BCUT2D eigenvalue weighted by molar-refractivity contribution is 5.75. The Hall–Kier alpha value is -2.79. The quantitative estimate of drug-likeness (QED) is 0.808. The molecular weight excluding hydrogens is 352 g/mol.